The number of carboxylic acid groups (broad SMARTS) is 1. The normalized spacial score (nSPS) is 13.7. The van der Waals surface area contributed by atoms with Gasteiger partial charge in [-0.15, -0.1) is 0 Å². The van der Waals surface area contributed by atoms with Gasteiger partial charge in [0.1, 0.15) is 5.82 Å². The summed E-state index contributed by atoms with van der Waals surface area (Å²) in [7, 11) is 1.95. The molecule has 0 fully saturated rings. The lowest BCUT2D eigenvalue weighted by Gasteiger charge is -2.27. The summed E-state index contributed by atoms with van der Waals surface area (Å²) >= 11 is 0. The van der Waals surface area contributed by atoms with Gasteiger partial charge in [0.2, 0.25) is 0 Å². The van der Waals surface area contributed by atoms with Crippen LogP contribution in [0.3, 0.4) is 0 Å². The van der Waals surface area contributed by atoms with Crippen LogP contribution in [0.4, 0.5) is 0 Å². The Morgan fingerprint density at radius 3 is 2.68 bits per heavy atom. The Kier molecular flexibility index (Phi) is 3.10. The minimum absolute atomic E-state index is 0.572. The molecule has 0 amide bonds. The van der Waals surface area contributed by atoms with E-state index in [2.05, 4.69) is 4.98 Å². The third kappa shape index (κ3) is 2.10. The Labute approximate surface area is 112 Å². The lowest BCUT2D eigenvalue weighted by atomic mass is 9.81. The van der Waals surface area contributed by atoms with E-state index >= 15 is 0 Å². The van der Waals surface area contributed by atoms with Gasteiger partial charge >= 0.3 is 5.97 Å². The van der Waals surface area contributed by atoms with Gasteiger partial charge in [-0.2, -0.15) is 0 Å². The molecule has 1 unspecified atom stereocenters. The van der Waals surface area contributed by atoms with Crippen molar-refractivity contribution in [1.29, 1.82) is 0 Å². The van der Waals surface area contributed by atoms with Crippen molar-refractivity contribution in [1.82, 2.24) is 9.55 Å². The van der Waals surface area contributed by atoms with Crippen LogP contribution in [-0.2, 0) is 11.8 Å². The number of carbonyl (C=O) groups is 1. The van der Waals surface area contributed by atoms with Crippen LogP contribution in [0.2, 0.25) is 0 Å². The number of imidazole rings is 1. The Bertz CT molecular complexity index is 643. The number of aromatic nitrogens is 2. The summed E-state index contributed by atoms with van der Waals surface area (Å²) in [6, 6.07) is 5.11. The topological polar surface area (TPSA) is 81.1 Å². The summed E-state index contributed by atoms with van der Waals surface area (Å²) < 4.78 is 1.99. The number of aliphatic carboxylic acids is 1. The first kappa shape index (κ1) is 13.5. The van der Waals surface area contributed by atoms with E-state index in [1.807, 2.05) is 36.7 Å². The first-order valence-corrected chi connectivity index (χ1v) is 6.17. The molecule has 0 aliphatic heterocycles. The number of rotatable bonds is 3. The highest BCUT2D eigenvalue weighted by molar-refractivity contribution is 5.78. The standard InChI is InChI=1S/C14H19N3O2/c1-8-16-10-7-9(5-6-11(10)17(8)4)12(15)14(2,3)13(18)19/h5-7,12H,15H2,1-4H3,(H,18,19). The van der Waals surface area contributed by atoms with Gasteiger partial charge in [-0.25, -0.2) is 4.98 Å². The molecular formula is C14H19N3O2. The third-order valence-corrected chi connectivity index (χ3v) is 3.82. The van der Waals surface area contributed by atoms with E-state index in [1.54, 1.807) is 13.8 Å². The number of carboxylic acids is 1. The van der Waals surface area contributed by atoms with Crippen molar-refractivity contribution < 1.29 is 9.90 Å². The second-order valence-corrected chi connectivity index (χ2v) is 5.47. The van der Waals surface area contributed by atoms with Crippen LogP contribution in [0, 0.1) is 12.3 Å². The molecule has 3 N–H and O–H groups in total. The van der Waals surface area contributed by atoms with Gasteiger partial charge in [-0.3, -0.25) is 4.79 Å². The number of hydrogen-bond donors (Lipinski definition) is 2. The molecule has 5 nitrogen and oxygen atoms in total. The van der Waals surface area contributed by atoms with Crippen molar-refractivity contribution in [2.45, 2.75) is 26.8 Å². The summed E-state index contributed by atoms with van der Waals surface area (Å²) in [5.74, 6) is 0.00974. The Morgan fingerprint density at radius 1 is 1.47 bits per heavy atom. The first-order chi connectivity index (χ1) is 8.75. The molecule has 1 atom stereocenters. The number of fused-ring (bicyclic) bond motifs is 1. The molecule has 2 aromatic rings. The fraction of sp³-hybridized carbons (Fsp3) is 0.429. The number of aryl methyl sites for hydroxylation is 2. The zero-order valence-corrected chi connectivity index (χ0v) is 11.6. The van der Waals surface area contributed by atoms with E-state index in [0.29, 0.717) is 0 Å². The van der Waals surface area contributed by atoms with E-state index in [4.69, 9.17) is 5.73 Å². The van der Waals surface area contributed by atoms with E-state index in [0.717, 1.165) is 22.4 Å². The van der Waals surface area contributed by atoms with Crippen LogP contribution in [-0.4, -0.2) is 20.6 Å². The van der Waals surface area contributed by atoms with E-state index in [9.17, 15) is 9.90 Å². The molecule has 0 radical (unpaired) electrons. The van der Waals surface area contributed by atoms with Gasteiger partial charge in [-0.1, -0.05) is 6.07 Å². The highest BCUT2D eigenvalue weighted by Crippen LogP contribution is 2.32. The lowest BCUT2D eigenvalue weighted by Crippen LogP contribution is -2.36. The number of nitrogens with zero attached hydrogens (tertiary/aromatic N) is 2. The predicted molar refractivity (Wildman–Crippen MR) is 73.8 cm³/mol. The third-order valence-electron chi connectivity index (χ3n) is 3.82. The average molecular weight is 261 g/mol. The van der Waals surface area contributed by atoms with Crippen LogP contribution in [0.15, 0.2) is 18.2 Å². The predicted octanol–water partition coefficient (Wildman–Crippen LogP) is 1.99. The number of nitrogens with two attached hydrogens (primary N) is 1. The van der Waals surface area contributed by atoms with Crippen LogP contribution in [0.5, 0.6) is 0 Å². The Morgan fingerprint density at radius 2 is 2.11 bits per heavy atom. The van der Waals surface area contributed by atoms with E-state index < -0.39 is 17.4 Å². The molecule has 2 rings (SSSR count). The molecule has 0 saturated carbocycles. The maximum absolute atomic E-state index is 11.3. The average Bonchev–Trinajstić information content (AvgIpc) is 2.63. The second-order valence-electron chi connectivity index (χ2n) is 5.47. The second kappa shape index (κ2) is 4.35. The molecule has 5 heteroatoms. The minimum atomic E-state index is -1.02. The molecule has 1 aromatic heterocycles. The Hall–Kier alpha value is -1.88. The lowest BCUT2D eigenvalue weighted by molar-refractivity contribution is -0.148. The van der Waals surface area contributed by atoms with Crippen molar-refractivity contribution in [2.24, 2.45) is 18.2 Å². The van der Waals surface area contributed by atoms with Crippen LogP contribution < -0.4 is 5.73 Å². The zero-order chi connectivity index (χ0) is 14.4. The van der Waals surface area contributed by atoms with Gasteiger partial charge in [0.15, 0.2) is 0 Å². The summed E-state index contributed by atoms with van der Waals surface area (Å²) in [6.45, 7) is 5.20. The van der Waals surface area contributed by atoms with Crippen LogP contribution in [0.25, 0.3) is 11.0 Å². The van der Waals surface area contributed by atoms with Crippen molar-refractivity contribution in [3.63, 3.8) is 0 Å². The fourth-order valence-corrected chi connectivity index (χ4v) is 2.08. The van der Waals surface area contributed by atoms with Gasteiger partial charge in [0.05, 0.1) is 16.4 Å². The molecule has 1 heterocycles. The molecular weight excluding hydrogens is 242 g/mol. The molecule has 0 aliphatic carbocycles. The van der Waals surface area contributed by atoms with Gasteiger partial charge < -0.3 is 15.4 Å². The van der Waals surface area contributed by atoms with Crippen LogP contribution in [0.1, 0.15) is 31.3 Å². The minimum Gasteiger partial charge on any atom is -0.481 e. The van der Waals surface area contributed by atoms with Crippen molar-refractivity contribution in [2.75, 3.05) is 0 Å². The summed E-state index contributed by atoms with van der Waals surface area (Å²) in [4.78, 5) is 15.7. The quantitative estimate of drug-likeness (QED) is 0.885. The molecule has 1 aromatic carbocycles. The summed E-state index contributed by atoms with van der Waals surface area (Å²) in [5, 5.41) is 9.23. The van der Waals surface area contributed by atoms with Crippen LogP contribution >= 0.6 is 0 Å². The molecule has 0 spiro atoms. The van der Waals surface area contributed by atoms with Gasteiger partial charge in [-0.05, 0) is 38.5 Å². The zero-order valence-electron chi connectivity index (χ0n) is 11.6. The van der Waals surface area contributed by atoms with Gasteiger partial charge in [0, 0.05) is 13.1 Å². The SMILES string of the molecule is Cc1nc2cc(C(N)C(C)(C)C(=O)O)ccc2n1C. The van der Waals surface area contributed by atoms with Crippen molar-refractivity contribution in [3.05, 3.63) is 29.6 Å². The highest BCUT2D eigenvalue weighted by atomic mass is 16.4. The fourth-order valence-electron chi connectivity index (χ4n) is 2.08. The maximum atomic E-state index is 11.3. The van der Waals surface area contributed by atoms with Gasteiger partial charge in [0.25, 0.3) is 0 Å². The molecule has 0 aliphatic rings. The number of benzene rings is 1. The highest BCUT2D eigenvalue weighted by Gasteiger charge is 2.35. The first-order valence-electron chi connectivity index (χ1n) is 6.17. The monoisotopic (exact) mass is 261 g/mol. The largest absolute Gasteiger partial charge is 0.481 e. The van der Waals surface area contributed by atoms with E-state index in [1.165, 1.54) is 0 Å². The number of hydrogen-bond acceptors (Lipinski definition) is 3. The molecule has 0 bridgehead atoms. The molecule has 0 saturated heterocycles. The summed E-state index contributed by atoms with van der Waals surface area (Å²) in [5.41, 5.74) is 7.72. The molecule has 102 valence electrons. The smallest absolute Gasteiger partial charge is 0.311 e. The van der Waals surface area contributed by atoms with Crippen molar-refractivity contribution >= 4 is 17.0 Å². The van der Waals surface area contributed by atoms with E-state index in [-0.39, 0.29) is 0 Å². The Balaban J connectivity index is 2.50. The van der Waals surface area contributed by atoms with Crippen molar-refractivity contribution in [3.8, 4) is 0 Å². The molecule has 19 heavy (non-hydrogen) atoms. The maximum Gasteiger partial charge on any atom is 0.311 e. The summed E-state index contributed by atoms with van der Waals surface area (Å²) in [6.07, 6.45) is 0.